The number of furan rings is 1. The second-order valence-corrected chi connectivity index (χ2v) is 5.21. The van der Waals surface area contributed by atoms with Crippen molar-refractivity contribution in [3.8, 4) is 0 Å². The minimum Gasteiger partial charge on any atom is -0.452 e. The summed E-state index contributed by atoms with van der Waals surface area (Å²) >= 11 is 8.82. The van der Waals surface area contributed by atoms with Crippen LogP contribution < -0.4 is 5.32 Å². The number of carbonyl (C=O) groups excluding carboxylic acids is 2. The average molecular weight is 386 g/mol. The van der Waals surface area contributed by atoms with Gasteiger partial charge in [0.05, 0.1) is 5.02 Å². The molecule has 22 heavy (non-hydrogen) atoms. The molecule has 0 aliphatic rings. The first kappa shape index (κ1) is 16.3. The lowest BCUT2D eigenvalue weighted by Crippen LogP contribution is -2.20. The Morgan fingerprint density at radius 2 is 2.18 bits per heavy atom. The zero-order valence-electron chi connectivity index (χ0n) is 11.1. The van der Waals surface area contributed by atoms with E-state index in [1.165, 1.54) is 24.4 Å². The lowest BCUT2D eigenvalue weighted by molar-refractivity contribution is -0.142. The van der Waals surface area contributed by atoms with Crippen LogP contribution >= 0.6 is 27.5 Å². The van der Waals surface area contributed by atoms with Crippen LogP contribution in [0.3, 0.4) is 0 Å². The number of nitrogens with one attached hydrogen (secondary N) is 1. The first-order chi connectivity index (χ1) is 10.5. The molecule has 0 bridgehead atoms. The van der Waals surface area contributed by atoms with Crippen molar-refractivity contribution in [2.75, 3.05) is 11.9 Å². The molecule has 6 nitrogen and oxygen atoms in total. The molecule has 0 spiro atoms. The highest BCUT2D eigenvalue weighted by Crippen LogP contribution is 2.15. The Morgan fingerprint density at radius 3 is 2.82 bits per heavy atom. The molecule has 0 unspecified atom stereocenters. The lowest BCUT2D eigenvalue weighted by Gasteiger charge is -2.04. The van der Waals surface area contributed by atoms with Crippen molar-refractivity contribution in [2.45, 2.75) is 0 Å². The third kappa shape index (κ3) is 5.34. The number of esters is 1. The summed E-state index contributed by atoms with van der Waals surface area (Å²) in [4.78, 5) is 26.9. The molecule has 0 aromatic carbocycles. The summed E-state index contributed by atoms with van der Waals surface area (Å²) in [6, 6.07) is 6.49. The van der Waals surface area contributed by atoms with Crippen LogP contribution in [-0.2, 0) is 14.3 Å². The SMILES string of the molecule is O=C(COC(=O)/C=C/c1ccc(Br)o1)Nc1ccc(Cl)cn1. The molecular weight excluding hydrogens is 376 g/mol. The number of nitrogens with zero attached hydrogens (tertiary/aromatic N) is 1. The van der Waals surface area contributed by atoms with E-state index < -0.39 is 18.5 Å². The van der Waals surface area contributed by atoms with E-state index in [-0.39, 0.29) is 0 Å². The Hall–Kier alpha value is -2.12. The van der Waals surface area contributed by atoms with E-state index in [1.807, 2.05) is 0 Å². The molecule has 0 aliphatic carbocycles. The van der Waals surface area contributed by atoms with Gasteiger partial charge < -0.3 is 14.5 Å². The molecule has 114 valence electrons. The maximum atomic E-state index is 11.6. The Morgan fingerprint density at radius 1 is 1.36 bits per heavy atom. The number of anilines is 1. The van der Waals surface area contributed by atoms with Gasteiger partial charge in [0.2, 0.25) is 0 Å². The summed E-state index contributed by atoms with van der Waals surface area (Å²) in [7, 11) is 0. The highest BCUT2D eigenvalue weighted by Gasteiger charge is 2.06. The molecule has 1 amide bonds. The summed E-state index contributed by atoms with van der Waals surface area (Å²) in [6.07, 6.45) is 4.00. The second kappa shape index (κ2) is 7.77. The van der Waals surface area contributed by atoms with Gasteiger partial charge in [-0.05, 0) is 46.3 Å². The zero-order chi connectivity index (χ0) is 15.9. The molecule has 0 atom stereocenters. The summed E-state index contributed by atoms with van der Waals surface area (Å²) in [5.74, 6) is -0.357. The standard InChI is InChI=1S/C14H10BrClN2O4/c15-11-4-2-10(22-11)3-6-14(20)21-8-13(19)18-12-5-1-9(16)7-17-12/h1-7H,8H2,(H,17,18,19)/b6-3+. The van der Waals surface area contributed by atoms with Crippen molar-refractivity contribution >= 4 is 51.3 Å². The molecule has 0 saturated carbocycles. The van der Waals surface area contributed by atoms with Crippen LogP contribution in [0.15, 0.2) is 45.6 Å². The van der Waals surface area contributed by atoms with Gasteiger partial charge >= 0.3 is 5.97 Å². The Labute approximate surface area is 139 Å². The van der Waals surface area contributed by atoms with Crippen LogP contribution in [0.25, 0.3) is 6.08 Å². The number of rotatable bonds is 5. The molecule has 2 aromatic heterocycles. The number of pyridine rings is 1. The molecule has 1 N–H and O–H groups in total. The van der Waals surface area contributed by atoms with Crippen molar-refractivity contribution in [3.63, 3.8) is 0 Å². The van der Waals surface area contributed by atoms with E-state index in [9.17, 15) is 9.59 Å². The summed E-state index contributed by atoms with van der Waals surface area (Å²) in [6.45, 7) is -0.421. The molecule has 2 rings (SSSR count). The fraction of sp³-hybridized carbons (Fsp3) is 0.0714. The number of hydrogen-bond acceptors (Lipinski definition) is 5. The number of aromatic nitrogens is 1. The van der Waals surface area contributed by atoms with Crippen molar-refractivity contribution in [2.24, 2.45) is 0 Å². The van der Waals surface area contributed by atoms with Gasteiger partial charge in [0.25, 0.3) is 5.91 Å². The van der Waals surface area contributed by atoms with Gasteiger partial charge in [-0.1, -0.05) is 11.6 Å². The highest BCUT2D eigenvalue weighted by molar-refractivity contribution is 9.10. The first-order valence-electron chi connectivity index (χ1n) is 6.04. The largest absolute Gasteiger partial charge is 0.452 e. The van der Waals surface area contributed by atoms with Gasteiger partial charge in [0.1, 0.15) is 11.6 Å². The molecule has 0 radical (unpaired) electrons. The Bertz CT molecular complexity index is 697. The van der Waals surface area contributed by atoms with Crippen LogP contribution in [0.5, 0.6) is 0 Å². The van der Waals surface area contributed by atoms with Crippen molar-refractivity contribution in [3.05, 3.63) is 52.0 Å². The van der Waals surface area contributed by atoms with E-state index in [0.29, 0.717) is 21.3 Å². The molecule has 2 heterocycles. The van der Waals surface area contributed by atoms with E-state index in [2.05, 4.69) is 26.2 Å². The topological polar surface area (TPSA) is 81.4 Å². The van der Waals surface area contributed by atoms with Crippen molar-refractivity contribution in [1.29, 1.82) is 0 Å². The van der Waals surface area contributed by atoms with Gasteiger partial charge in [-0.25, -0.2) is 9.78 Å². The average Bonchev–Trinajstić information content (AvgIpc) is 2.91. The van der Waals surface area contributed by atoms with Gasteiger partial charge in [0, 0.05) is 12.3 Å². The number of ether oxygens (including phenoxy) is 1. The second-order valence-electron chi connectivity index (χ2n) is 3.99. The minimum absolute atomic E-state index is 0.321. The van der Waals surface area contributed by atoms with Gasteiger partial charge in [-0.3, -0.25) is 4.79 Å². The molecule has 8 heteroatoms. The molecule has 0 fully saturated rings. The number of amides is 1. The third-order valence-corrected chi connectivity index (χ3v) is 2.97. The number of hydrogen-bond donors (Lipinski definition) is 1. The fourth-order valence-corrected chi connectivity index (χ4v) is 1.81. The maximum Gasteiger partial charge on any atom is 0.331 e. The zero-order valence-corrected chi connectivity index (χ0v) is 13.4. The van der Waals surface area contributed by atoms with Crippen molar-refractivity contribution in [1.82, 2.24) is 4.98 Å². The van der Waals surface area contributed by atoms with Gasteiger partial charge in [-0.2, -0.15) is 0 Å². The van der Waals surface area contributed by atoms with Crippen LogP contribution in [0.2, 0.25) is 5.02 Å². The monoisotopic (exact) mass is 384 g/mol. The van der Waals surface area contributed by atoms with E-state index in [1.54, 1.807) is 18.2 Å². The van der Waals surface area contributed by atoms with Gasteiger partial charge in [0.15, 0.2) is 11.3 Å². The molecule has 2 aromatic rings. The molecule has 0 saturated heterocycles. The summed E-state index contributed by atoms with van der Waals surface area (Å²) in [5.41, 5.74) is 0. The Balaban J connectivity index is 1.77. The number of halogens is 2. The van der Waals surface area contributed by atoms with Crippen LogP contribution in [0.4, 0.5) is 5.82 Å². The van der Waals surface area contributed by atoms with Crippen LogP contribution in [0.1, 0.15) is 5.76 Å². The summed E-state index contributed by atoms with van der Waals surface area (Å²) in [5, 5.41) is 2.92. The van der Waals surface area contributed by atoms with Gasteiger partial charge in [-0.15, -0.1) is 0 Å². The molecule has 0 aliphatic heterocycles. The van der Waals surface area contributed by atoms with E-state index >= 15 is 0 Å². The normalized spacial score (nSPS) is 10.6. The predicted molar refractivity (Wildman–Crippen MR) is 84.3 cm³/mol. The van der Waals surface area contributed by atoms with E-state index in [4.69, 9.17) is 20.8 Å². The highest BCUT2D eigenvalue weighted by atomic mass is 79.9. The van der Waals surface area contributed by atoms with Crippen LogP contribution in [-0.4, -0.2) is 23.5 Å². The Kier molecular flexibility index (Phi) is 5.74. The third-order valence-electron chi connectivity index (χ3n) is 2.32. The molecular formula is C14H10BrClN2O4. The lowest BCUT2D eigenvalue weighted by atomic mass is 10.4. The number of carbonyl (C=O) groups is 2. The predicted octanol–water partition coefficient (Wildman–Crippen LogP) is 3.29. The smallest absolute Gasteiger partial charge is 0.331 e. The van der Waals surface area contributed by atoms with E-state index in [0.717, 1.165) is 0 Å². The van der Waals surface area contributed by atoms with Crippen molar-refractivity contribution < 1.29 is 18.7 Å². The quantitative estimate of drug-likeness (QED) is 0.631. The minimum atomic E-state index is -0.660. The fourth-order valence-electron chi connectivity index (χ4n) is 1.38. The summed E-state index contributed by atoms with van der Waals surface area (Å²) < 4.78 is 10.5. The van der Waals surface area contributed by atoms with Crippen LogP contribution in [0, 0.1) is 0 Å². The maximum absolute atomic E-state index is 11.6. The first-order valence-corrected chi connectivity index (χ1v) is 7.21.